The largest absolute Gasteiger partial charge is 0.369 e. The minimum absolute atomic E-state index is 0.916. The van der Waals surface area contributed by atoms with Gasteiger partial charge in [-0.3, -0.25) is 0 Å². The van der Waals surface area contributed by atoms with E-state index in [0.717, 1.165) is 48.5 Å². The molecule has 3 heterocycles. The highest BCUT2D eigenvalue weighted by Gasteiger charge is 2.14. The SMILES string of the molecule is CSNc1ccc(-c2c[nH]c3ncc(-c4ccc(N5CCN(C)CC5)cc4)cc23)cc1. The number of aromatic amines is 1. The highest BCUT2D eigenvalue weighted by molar-refractivity contribution is 7.99. The molecular formula is C25H27N5S. The van der Waals surface area contributed by atoms with Gasteiger partial charge in [-0.25, -0.2) is 4.98 Å². The molecule has 2 aromatic heterocycles. The summed E-state index contributed by atoms with van der Waals surface area (Å²) in [5.41, 5.74) is 8.01. The second kappa shape index (κ2) is 8.65. The van der Waals surface area contributed by atoms with Crippen LogP contribution < -0.4 is 9.62 Å². The van der Waals surface area contributed by atoms with E-state index in [-0.39, 0.29) is 0 Å². The maximum atomic E-state index is 4.68. The maximum absolute atomic E-state index is 4.68. The van der Waals surface area contributed by atoms with Crippen molar-refractivity contribution >= 4 is 34.4 Å². The van der Waals surface area contributed by atoms with Crippen molar-refractivity contribution in [1.82, 2.24) is 14.9 Å². The van der Waals surface area contributed by atoms with Crippen molar-refractivity contribution in [2.45, 2.75) is 0 Å². The van der Waals surface area contributed by atoms with E-state index < -0.39 is 0 Å². The number of pyridine rings is 1. The average Bonchev–Trinajstić information content (AvgIpc) is 3.24. The van der Waals surface area contributed by atoms with Gasteiger partial charge in [0.05, 0.1) is 0 Å². The number of likely N-dealkylation sites (N-methyl/N-ethyl adjacent to an activating group) is 1. The van der Waals surface area contributed by atoms with Gasteiger partial charge in [0.1, 0.15) is 5.65 Å². The number of nitrogens with one attached hydrogen (secondary N) is 2. The summed E-state index contributed by atoms with van der Waals surface area (Å²) in [6.45, 7) is 4.41. The van der Waals surface area contributed by atoms with E-state index in [4.69, 9.17) is 0 Å². The lowest BCUT2D eigenvalue weighted by Gasteiger charge is -2.34. The molecule has 0 radical (unpaired) electrons. The van der Waals surface area contributed by atoms with E-state index in [1.165, 1.54) is 22.4 Å². The molecule has 158 valence electrons. The van der Waals surface area contributed by atoms with Crippen molar-refractivity contribution in [3.63, 3.8) is 0 Å². The Morgan fingerprint density at radius 2 is 1.61 bits per heavy atom. The Kier molecular flexibility index (Phi) is 5.57. The molecule has 31 heavy (non-hydrogen) atoms. The molecule has 0 amide bonds. The lowest BCUT2D eigenvalue weighted by molar-refractivity contribution is 0.313. The molecule has 2 N–H and O–H groups in total. The molecule has 1 saturated heterocycles. The van der Waals surface area contributed by atoms with E-state index in [1.807, 2.05) is 12.5 Å². The number of piperazine rings is 1. The van der Waals surface area contributed by atoms with E-state index in [1.54, 1.807) is 11.9 Å². The van der Waals surface area contributed by atoms with Gasteiger partial charge in [-0.1, -0.05) is 36.2 Å². The minimum Gasteiger partial charge on any atom is -0.369 e. The van der Waals surface area contributed by atoms with Gasteiger partial charge in [0.25, 0.3) is 0 Å². The molecule has 0 aliphatic carbocycles. The first-order valence-corrected chi connectivity index (χ1v) is 11.8. The monoisotopic (exact) mass is 429 g/mol. The molecule has 0 saturated carbocycles. The molecule has 6 heteroatoms. The fraction of sp³-hybridized carbons (Fsp3) is 0.240. The second-order valence-corrected chi connectivity index (χ2v) is 8.66. The number of benzene rings is 2. The van der Waals surface area contributed by atoms with Crippen molar-refractivity contribution in [2.75, 3.05) is 49.1 Å². The summed E-state index contributed by atoms with van der Waals surface area (Å²) in [4.78, 5) is 12.8. The van der Waals surface area contributed by atoms with Crippen LogP contribution in [0.2, 0.25) is 0 Å². The summed E-state index contributed by atoms with van der Waals surface area (Å²) in [6.07, 6.45) is 6.03. The number of hydrogen-bond acceptors (Lipinski definition) is 5. The van der Waals surface area contributed by atoms with E-state index in [0.29, 0.717) is 0 Å². The van der Waals surface area contributed by atoms with Crippen molar-refractivity contribution in [3.8, 4) is 22.3 Å². The molecule has 1 aliphatic heterocycles. The molecule has 1 aliphatic rings. The predicted octanol–water partition coefficient (Wildman–Crippen LogP) is 5.34. The zero-order valence-electron chi connectivity index (χ0n) is 17.9. The van der Waals surface area contributed by atoms with E-state index in [2.05, 4.69) is 92.3 Å². The van der Waals surface area contributed by atoms with Gasteiger partial charge < -0.3 is 19.5 Å². The molecule has 5 nitrogen and oxygen atoms in total. The maximum Gasteiger partial charge on any atom is 0.137 e. The topological polar surface area (TPSA) is 47.2 Å². The number of aromatic nitrogens is 2. The number of hydrogen-bond donors (Lipinski definition) is 2. The number of H-pyrrole nitrogens is 1. The Morgan fingerprint density at radius 3 is 2.32 bits per heavy atom. The molecule has 0 spiro atoms. The zero-order chi connectivity index (χ0) is 21.2. The highest BCUT2D eigenvalue weighted by Crippen LogP contribution is 2.32. The summed E-state index contributed by atoms with van der Waals surface area (Å²) < 4.78 is 3.27. The van der Waals surface area contributed by atoms with Crippen LogP contribution >= 0.6 is 11.9 Å². The third kappa shape index (κ3) is 4.13. The summed E-state index contributed by atoms with van der Waals surface area (Å²) in [7, 11) is 2.19. The van der Waals surface area contributed by atoms with Crippen LogP contribution in [-0.2, 0) is 0 Å². The third-order valence-corrected chi connectivity index (χ3v) is 6.46. The fourth-order valence-electron chi connectivity index (χ4n) is 4.17. The molecule has 0 unspecified atom stereocenters. The van der Waals surface area contributed by atoms with Gasteiger partial charge in [-0.05, 0) is 48.5 Å². The standard InChI is InChI=1S/C25H27N5S/c1-29-11-13-30(14-12-29)22-9-5-18(6-10-22)20-15-23-24(17-27-25(23)26-16-20)19-3-7-21(8-4-19)28-31-2/h3-10,15-17,28H,11-14H2,1-2H3,(H,26,27). The molecule has 4 aromatic rings. The normalized spacial score (nSPS) is 14.8. The van der Waals surface area contributed by atoms with Gasteiger partial charge in [0, 0.05) is 72.7 Å². The smallest absolute Gasteiger partial charge is 0.137 e. The Bertz CT molecular complexity index is 1160. The minimum atomic E-state index is 0.916. The number of rotatable bonds is 5. The van der Waals surface area contributed by atoms with Crippen molar-refractivity contribution in [2.24, 2.45) is 0 Å². The Hall–Kier alpha value is -2.96. The molecule has 1 fully saturated rings. The Balaban J connectivity index is 1.42. The van der Waals surface area contributed by atoms with Crippen LogP contribution in [0.25, 0.3) is 33.3 Å². The summed E-state index contributed by atoms with van der Waals surface area (Å²) in [6, 6.07) is 19.7. The Morgan fingerprint density at radius 1 is 0.903 bits per heavy atom. The molecular weight excluding hydrogens is 402 g/mol. The average molecular weight is 430 g/mol. The zero-order valence-corrected chi connectivity index (χ0v) is 18.7. The van der Waals surface area contributed by atoms with Gasteiger partial charge >= 0.3 is 0 Å². The lowest BCUT2D eigenvalue weighted by Crippen LogP contribution is -2.44. The van der Waals surface area contributed by atoms with Crippen molar-refractivity contribution in [1.29, 1.82) is 0 Å². The van der Waals surface area contributed by atoms with Crippen LogP contribution in [0.3, 0.4) is 0 Å². The summed E-state index contributed by atoms with van der Waals surface area (Å²) in [5, 5.41) is 1.14. The van der Waals surface area contributed by atoms with Gasteiger partial charge in [-0.15, -0.1) is 0 Å². The first kappa shape index (κ1) is 20.0. The van der Waals surface area contributed by atoms with Crippen molar-refractivity contribution in [3.05, 3.63) is 67.0 Å². The molecule has 5 rings (SSSR count). The fourth-order valence-corrected chi connectivity index (χ4v) is 4.54. The van der Waals surface area contributed by atoms with Crippen molar-refractivity contribution < 1.29 is 0 Å². The number of nitrogens with zero attached hydrogens (tertiary/aromatic N) is 3. The Labute approximate surface area is 187 Å². The van der Waals surface area contributed by atoms with Crippen LogP contribution in [0.4, 0.5) is 11.4 Å². The van der Waals surface area contributed by atoms with Crippen LogP contribution in [-0.4, -0.2) is 54.4 Å². The first-order chi connectivity index (χ1) is 15.2. The van der Waals surface area contributed by atoms with Crippen LogP contribution in [0.5, 0.6) is 0 Å². The molecule has 2 aromatic carbocycles. The van der Waals surface area contributed by atoms with Gasteiger partial charge in [0.2, 0.25) is 0 Å². The quantitative estimate of drug-likeness (QED) is 0.420. The van der Waals surface area contributed by atoms with E-state index >= 15 is 0 Å². The highest BCUT2D eigenvalue weighted by atomic mass is 32.2. The number of fused-ring (bicyclic) bond motifs is 1. The number of anilines is 2. The summed E-state index contributed by atoms with van der Waals surface area (Å²) in [5.74, 6) is 0. The van der Waals surface area contributed by atoms with E-state index in [9.17, 15) is 0 Å². The summed E-state index contributed by atoms with van der Waals surface area (Å²) >= 11 is 1.60. The van der Waals surface area contributed by atoms with Crippen LogP contribution in [0.1, 0.15) is 0 Å². The van der Waals surface area contributed by atoms with Crippen LogP contribution in [0, 0.1) is 0 Å². The molecule has 0 atom stereocenters. The lowest BCUT2D eigenvalue weighted by atomic mass is 10.0. The van der Waals surface area contributed by atoms with Gasteiger partial charge in [0.15, 0.2) is 0 Å². The second-order valence-electron chi connectivity index (χ2n) is 8.04. The molecule has 0 bridgehead atoms. The first-order valence-electron chi connectivity index (χ1n) is 10.6. The van der Waals surface area contributed by atoms with Crippen LogP contribution in [0.15, 0.2) is 67.0 Å². The predicted molar refractivity (Wildman–Crippen MR) is 134 cm³/mol. The van der Waals surface area contributed by atoms with Gasteiger partial charge in [-0.2, -0.15) is 0 Å². The third-order valence-electron chi connectivity index (χ3n) is 6.02.